The molecule has 29 heavy (non-hydrogen) atoms. The number of amides is 3. The number of likely N-dealkylation sites (N-methyl/N-ethyl adjacent to an activating group) is 1. The highest BCUT2D eigenvalue weighted by Gasteiger charge is 2.49. The highest BCUT2D eigenvalue weighted by Crippen LogP contribution is 2.29. The number of carbonyl (C=O) groups excluding carboxylic acids is 3. The Labute approximate surface area is 167 Å². The number of carboxylic acids is 1. The quantitative estimate of drug-likeness (QED) is 0.289. The van der Waals surface area contributed by atoms with Crippen LogP contribution in [0, 0.1) is 0 Å². The van der Waals surface area contributed by atoms with Crippen LogP contribution >= 0.6 is 11.3 Å². The first-order valence-electron chi connectivity index (χ1n) is 8.19. The molecule has 2 aliphatic heterocycles. The van der Waals surface area contributed by atoms with Gasteiger partial charge in [-0.2, -0.15) is 0 Å². The van der Waals surface area contributed by atoms with Crippen LogP contribution < -0.4 is 16.4 Å². The number of thiazole rings is 1. The number of nitrogens with zero attached hydrogens (tertiary/aromatic N) is 4. The molecule has 0 bridgehead atoms. The topological polar surface area (TPSA) is 180 Å². The minimum Gasteiger partial charge on any atom is -0.477 e. The van der Waals surface area contributed by atoms with Gasteiger partial charge in [0.05, 0.1) is 12.1 Å². The summed E-state index contributed by atoms with van der Waals surface area (Å²) in [5, 5.41) is 21.9. The van der Waals surface area contributed by atoms with Crippen molar-refractivity contribution in [2.45, 2.75) is 6.04 Å². The first-order chi connectivity index (χ1) is 13.8. The normalized spacial score (nSPS) is 19.4. The van der Waals surface area contributed by atoms with Gasteiger partial charge in [0.2, 0.25) is 0 Å². The van der Waals surface area contributed by atoms with Gasteiger partial charge < -0.3 is 26.3 Å². The number of carboxylic acid groups (broad SMARTS) is 1. The Hall–Kier alpha value is -3.52. The molecule has 1 atom stereocenters. The van der Waals surface area contributed by atoms with Crippen molar-refractivity contribution in [1.29, 1.82) is 0 Å². The van der Waals surface area contributed by atoms with E-state index in [-0.39, 0.29) is 35.2 Å². The Morgan fingerprint density at radius 3 is 2.72 bits per heavy atom. The van der Waals surface area contributed by atoms with Gasteiger partial charge in [-0.3, -0.25) is 14.4 Å². The van der Waals surface area contributed by atoms with Gasteiger partial charge in [0.1, 0.15) is 18.8 Å². The Bertz CT molecular complexity index is 955. The number of rotatable bonds is 6. The lowest BCUT2D eigenvalue weighted by Gasteiger charge is -2.19. The molecule has 0 aliphatic carbocycles. The van der Waals surface area contributed by atoms with Crippen LogP contribution in [0.15, 0.2) is 21.8 Å². The average Bonchev–Trinajstić information content (AvgIpc) is 3.34. The lowest BCUT2D eigenvalue weighted by molar-refractivity contribution is -0.143. The highest BCUT2D eigenvalue weighted by atomic mass is 32.1. The smallest absolute Gasteiger partial charge is 0.354 e. The maximum absolute atomic E-state index is 12.8. The monoisotopic (exact) mass is 423 g/mol. The number of nitrogen functional groups attached to an aromatic ring is 1. The van der Waals surface area contributed by atoms with E-state index >= 15 is 0 Å². The van der Waals surface area contributed by atoms with E-state index in [1.165, 1.54) is 24.5 Å². The third kappa shape index (κ3) is 3.62. The van der Waals surface area contributed by atoms with Gasteiger partial charge in [0.25, 0.3) is 17.7 Å². The van der Waals surface area contributed by atoms with Crippen LogP contribution in [0.25, 0.3) is 0 Å². The Kier molecular flexibility index (Phi) is 5.47. The zero-order chi connectivity index (χ0) is 21.3. The van der Waals surface area contributed by atoms with Crippen LogP contribution in [0.5, 0.6) is 0 Å². The molecule has 0 aromatic carbocycles. The number of aliphatic carboxylic acids is 1. The van der Waals surface area contributed by atoms with Crippen LogP contribution in [0.3, 0.4) is 0 Å². The molecule has 0 unspecified atom stereocenters. The fourth-order valence-electron chi connectivity index (χ4n) is 3.01. The molecule has 0 saturated carbocycles. The summed E-state index contributed by atoms with van der Waals surface area (Å²) in [5.41, 5.74) is 5.08. The second-order valence-electron chi connectivity index (χ2n) is 5.93. The van der Waals surface area contributed by atoms with E-state index < -0.39 is 35.4 Å². The molecule has 3 heterocycles. The molecular weight excluding hydrogens is 406 g/mol. The van der Waals surface area contributed by atoms with Crippen molar-refractivity contribution in [2.75, 3.05) is 33.0 Å². The zero-order valence-corrected chi connectivity index (χ0v) is 16.1. The average molecular weight is 423 g/mol. The summed E-state index contributed by atoms with van der Waals surface area (Å²) in [5.74, 6) is -3.46. The standard InChI is InChI=1S/C15H17N7O6S/c1-17-11(23)6-3-21-4-7(13(25)22(21)10(6)14(26)27)18-12(24)9(20-28-2)8-5-29-15(16)19-8/h5,7H,3-4H2,1-2H3,(H2,16,19)(H,17,23)(H,18,24)(H,26,27)/b20-9+/t7-/m0/s1. The SMILES string of the molecule is CNC(=O)C1=C(C(=O)O)N2C(=O)[C@@H](NC(=O)/C(=N/OC)c3csc(N)n3)CN2C1. The Morgan fingerprint density at radius 2 is 2.17 bits per heavy atom. The van der Waals surface area contributed by atoms with Crippen molar-refractivity contribution in [1.82, 2.24) is 25.6 Å². The fourth-order valence-corrected chi connectivity index (χ4v) is 3.55. The number of fused-ring (bicyclic) bond motifs is 1. The predicted octanol–water partition coefficient (Wildman–Crippen LogP) is -2.28. The number of aromatic nitrogens is 1. The number of nitrogens with one attached hydrogen (secondary N) is 2. The van der Waals surface area contributed by atoms with E-state index in [1.807, 2.05) is 0 Å². The molecular formula is C15H17N7O6S. The molecule has 2 aliphatic rings. The van der Waals surface area contributed by atoms with Gasteiger partial charge in [0.15, 0.2) is 16.5 Å². The van der Waals surface area contributed by atoms with Crippen LogP contribution in [0.4, 0.5) is 5.13 Å². The zero-order valence-electron chi connectivity index (χ0n) is 15.3. The number of oxime groups is 1. The second-order valence-corrected chi connectivity index (χ2v) is 6.82. The minimum atomic E-state index is -1.42. The molecule has 0 spiro atoms. The molecule has 3 rings (SSSR count). The number of hydrazine groups is 1. The first kappa shape index (κ1) is 20.2. The van der Waals surface area contributed by atoms with E-state index in [1.54, 1.807) is 0 Å². The predicted molar refractivity (Wildman–Crippen MR) is 99.2 cm³/mol. The van der Waals surface area contributed by atoms with Gasteiger partial charge in [-0.05, 0) is 0 Å². The van der Waals surface area contributed by atoms with E-state index in [4.69, 9.17) is 5.73 Å². The summed E-state index contributed by atoms with van der Waals surface area (Å²) in [4.78, 5) is 57.6. The van der Waals surface area contributed by atoms with Crippen molar-refractivity contribution in [3.05, 3.63) is 22.3 Å². The first-order valence-corrected chi connectivity index (χ1v) is 9.07. The van der Waals surface area contributed by atoms with Crippen LogP contribution in [0.2, 0.25) is 0 Å². The van der Waals surface area contributed by atoms with Crippen LogP contribution in [-0.4, -0.2) is 82.8 Å². The largest absolute Gasteiger partial charge is 0.477 e. The van der Waals surface area contributed by atoms with E-state index in [0.29, 0.717) is 0 Å². The van der Waals surface area contributed by atoms with E-state index in [2.05, 4.69) is 25.6 Å². The summed E-state index contributed by atoms with van der Waals surface area (Å²) in [6, 6.07) is -1.05. The van der Waals surface area contributed by atoms with Gasteiger partial charge in [-0.1, -0.05) is 5.16 Å². The van der Waals surface area contributed by atoms with Crippen molar-refractivity contribution >= 4 is 45.9 Å². The van der Waals surface area contributed by atoms with Gasteiger partial charge in [-0.15, -0.1) is 11.3 Å². The summed E-state index contributed by atoms with van der Waals surface area (Å²) in [7, 11) is 2.61. The highest BCUT2D eigenvalue weighted by molar-refractivity contribution is 7.13. The lowest BCUT2D eigenvalue weighted by atomic mass is 10.1. The molecule has 3 amide bonds. The van der Waals surface area contributed by atoms with Gasteiger partial charge in [-0.25, -0.2) is 19.8 Å². The second kappa shape index (κ2) is 7.84. The van der Waals surface area contributed by atoms with Crippen molar-refractivity contribution in [2.24, 2.45) is 5.16 Å². The number of anilines is 1. The molecule has 14 heteroatoms. The molecule has 1 saturated heterocycles. The summed E-state index contributed by atoms with van der Waals surface area (Å²) < 4.78 is 0. The van der Waals surface area contributed by atoms with Crippen molar-refractivity contribution in [3.63, 3.8) is 0 Å². The summed E-state index contributed by atoms with van der Waals surface area (Å²) in [6.45, 7) is -0.109. The maximum atomic E-state index is 12.8. The molecule has 0 radical (unpaired) electrons. The lowest BCUT2D eigenvalue weighted by Crippen LogP contribution is -2.46. The van der Waals surface area contributed by atoms with Crippen molar-refractivity contribution < 1.29 is 29.1 Å². The molecule has 1 aromatic heterocycles. The number of carbonyl (C=O) groups is 4. The molecule has 13 nitrogen and oxygen atoms in total. The Balaban J connectivity index is 1.81. The fraction of sp³-hybridized carbons (Fsp3) is 0.333. The molecule has 1 aromatic rings. The van der Waals surface area contributed by atoms with Crippen LogP contribution in [-0.2, 0) is 24.0 Å². The van der Waals surface area contributed by atoms with Crippen molar-refractivity contribution in [3.8, 4) is 0 Å². The third-order valence-corrected chi connectivity index (χ3v) is 4.87. The Morgan fingerprint density at radius 1 is 1.45 bits per heavy atom. The maximum Gasteiger partial charge on any atom is 0.354 e. The molecule has 154 valence electrons. The summed E-state index contributed by atoms with van der Waals surface area (Å²) in [6.07, 6.45) is 0. The number of nitrogens with two attached hydrogens (primary N) is 1. The summed E-state index contributed by atoms with van der Waals surface area (Å²) >= 11 is 1.10. The number of hydrogen-bond acceptors (Lipinski definition) is 10. The van der Waals surface area contributed by atoms with E-state index in [0.717, 1.165) is 16.3 Å². The molecule has 1 fully saturated rings. The minimum absolute atomic E-state index is 0.0265. The van der Waals surface area contributed by atoms with Crippen LogP contribution in [0.1, 0.15) is 5.69 Å². The third-order valence-electron chi connectivity index (χ3n) is 4.19. The van der Waals surface area contributed by atoms with Gasteiger partial charge in [0, 0.05) is 19.0 Å². The number of hydrogen-bond donors (Lipinski definition) is 4. The van der Waals surface area contributed by atoms with Gasteiger partial charge >= 0.3 is 5.97 Å². The van der Waals surface area contributed by atoms with E-state index in [9.17, 15) is 24.3 Å². The molecule has 5 N–H and O–H groups in total.